The Morgan fingerprint density at radius 3 is 2.05 bits per heavy atom. The maximum atomic E-state index is 11.5. The number of carbonyl (C=O) groups is 1. The van der Waals surface area contributed by atoms with Gasteiger partial charge in [-0.2, -0.15) is 0 Å². The van der Waals surface area contributed by atoms with Crippen molar-refractivity contribution in [3.8, 4) is 16.9 Å². The third-order valence-electron chi connectivity index (χ3n) is 2.77. The van der Waals surface area contributed by atoms with Crippen molar-refractivity contribution in [3.63, 3.8) is 0 Å². The van der Waals surface area contributed by atoms with E-state index in [0.29, 0.717) is 12.4 Å². The van der Waals surface area contributed by atoms with Gasteiger partial charge in [-0.15, -0.1) is 0 Å². The largest absolute Gasteiger partial charge is 0.513 e. The second kappa shape index (κ2) is 7.27. The number of halogens is 1. The third-order valence-corrected chi connectivity index (χ3v) is 3.30. The van der Waals surface area contributed by atoms with Crippen molar-refractivity contribution in [2.75, 3.05) is 6.61 Å². The van der Waals surface area contributed by atoms with Crippen LogP contribution in [0.25, 0.3) is 11.1 Å². The molecule has 21 heavy (non-hydrogen) atoms. The lowest BCUT2D eigenvalue weighted by molar-refractivity contribution is 0.0886. The van der Waals surface area contributed by atoms with Gasteiger partial charge in [-0.1, -0.05) is 54.0 Å². The topological polar surface area (TPSA) is 35.5 Å². The standard InChI is InChI=1S/C17H17BrO3/c1-12(2)11-20-17(19)21-16-9-5-14(6-10-16)13-3-7-15(18)8-4-13/h3-10,12H,11H2,1-2H3. The van der Waals surface area contributed by atoms with E-state index in [0.717, 1.165) is 15.6 Å². The predicted octanol–water partition coefficient (Wildman–Crippen LogP) is 5.29. The van der Waals surface area contributed by atoms with Gasteiger partial charge in [0.2, 0.25) is 0 Å². The zero-order valence-electron chi connectivity index (χ0n) is 12.0. The highest BCUT2D eigenvalue weighted by molar-refractivity contribution is 9.10. The molecule has 0 amide bonds. The fourth-order valence-electron chi connectivity index (χ4n) is 1.72. The minimum atomic E-state index is -0.667. The van der Waals surface area contributed by atoms with Crippen LogP contribution in [0.2, 0.25) is 0 Å². The summed E-state index contributed by atoms with van der Waals surface area (Å²) < 4.78 is 11.1. The molecule has 0 aromatic heterocycles. The Kier molecular flexibility index (Phi) is 5.39. The van der Waals surface area contributed by atoms with Crippen molar-refractivity contribution in [1.82, 2.24) is 0 Å². The zero-order chi connectivity index (χ0) is 15.2. The van der Waals surface area contributed by atoms with Crippen LogP contribution in [-0.4, -0.2) is 12.8 Å². The quantitative estimate of drug-likeness (QED) is 0.556. The first-order valence-corrected chi connectivity index (χ1v) is 7.54. The van der Waals surface area contributed by atoms with Crippen molar-refractivity contribution in [1.29, 1.82) is 0 Å². The van der Waals surface area contributed by atoms with E-state index in [9.17, 15) is 4.79 Å². The molecule has 0 N–H and O–H groups in total. The average molecular weight is 349 g/mol. The van der Waals surface area contributed by atoms with E-state index in [-0.39, 0.29) is 5.92 Å². The van der Waals surface area contributed by atoms with Crippen molar-refractivity contribution < 1.29 is 14.3 Å². The summed E-state index contributed by atoms with van der Waals surface area (Å²) in [6, 6.07) is 15.4. The molecule has 0 aliphatic heterocycles. The summed E-state index contributed by atoms with van der Waals surface area (Å²) in [5, 5.41) is 0. The number of carbonyl (C=O) groups excluding carboxylic acids is 1. The van der Waals surface area contributed by atoms with Crippen LogP contribution in [0.3, 0.4) is 0 Å². The number of hydrogen-bond donors (Lipinski definition) is 0. The van der Waals surface area contributed by atoms with Crippen molar-refractivity contribution in [2.24, 2.45) is 5.92 Å². The van der Waals surface area contributed by atoms with E-state index >= 15 is 0 Å². The molecule has 3 nitrogen and oxygen atoms in total. The Hall–Kier alpha value is -1.81. The highest BCUT2D eigenvalue weighted by atomic mass is 79.9. The van der Waals surface area contributed by atoms with Crippen LogP contribution in [-0.2, 0) is 4.74 Å². The molecule has 0 bridgehead atoms. The molecular formula is C17H17BrO3. The maximum absolute atomic E-state index is 11.5. The van der Waals surface area contributed by atoms with Gasteiger partial charge in [0.15, 0.2) is 0 Å². The molecule has 0 fully saturated rings. The number of benzene rings is 2. The second-order valence-electron chi connectivity index (χ2n) is 5.09. The average Bonchev–Trinajstić information content (AvgIpc) is 2.47. The lowest BCUT2D eigenvalue weighted by Crippen LogP contribution is -2.14. The van der Waals surface area contributed by atoms with Crippen molar-refractivity contribution in [2.45, 2.75) is 13.8 Å². The van der Waals surface area contributed by atoms with Crippen LogP contribution in [0.4, 0.5) is 4.79 Å². The van der Waals surface area contributed by atoms with Gasteiger partial charge in [-0.25, -0.2) is 4.79 Å². The van der Waals surface area contributed by atoms with Crippen LogP contribution in [0.5, 0.6) is 5.75 Å². The Balaban J connectivity index is 1.99. The lowest BCUT2D eigenvalue weighted by atomic mass is 10.1. The molecule has 110 valence electrons. The molecule has 0 radical (unpaired) electrons. The summed E-state index contributed by atoms with van der Waals surface area (Å²) in [5.41, 5.74) is 2.16. The summed E-state index contributed by atoms with van der Waals surface area (Å²) in [4.78, 5) is 11.5. The molecule has 0 spiro atoms. The molecule has 0 atom stereocenters. The first-order valence-electron chi connectivity index (χ1n) is 6.75. The Labute approximate surface area is 133 Å². The van der Waals surface area contributed by atoms with E-state index in [1.165, 1.54) is 0 Å². The van der Waals surface area contributed by atoms with Crippen LogP contribution in [0.15, 0.2) is 53.0 Å². The number of hydrogen-bond acceptors (Lipinski definition) is 3. The monoisotopic (exact) mass is 348 g/mol. The highest BCUT2D eigenvalue weighted by Gasteiger charge is 2.07. The van der Waals surface area contributed by atoms with Gasteiger partial charge in [0.1, 0.15) is 5.75 Å². The van der Waals surface area contributed by atoms with Gasteiger partial charge in [0.05, 0.1) is 6.61 Å². The number of ether oxygens (including phenoxy) is 2. The lowest BCUT2D eigenvalue weighted by Gasteiger charge is -2.08. The van der Waals surface area contributed by atoms with Crippen LogP contribution in [0, 0.1) is 5.92 Å². The molecular weight excluding hydrogens is 332 g/mol. The Bertz CT molecular complexity index is 588. The fraction of sp³-hybridized carbons (Fsp3) is 0.235. The van der Waals surface area contributed by atoms with Crippen LogP contribution < -0.4 is 4.74 Å². The molecule has 2 aromatic carbocycles. The van der Waals surface area contributed by atoms with Gasteiger partial charge < -0.3 is 9.47 Å². The molecule has 2 rings (SSSR count). The minimum absolute atomic E-state index is 0.289. The maximum Gasteiger partial charge on any atom is 0.513 e. The molecule has 4 heteroatoms. The molecule has 0 aliphatic carbocycles. The third kappa shape index (κ3) is 4.90. The van der Waals surface area contributed by atoms with E-state index in [4.69, 9.17) is 9.47 Å². The summed E-state index contributed by atoms with van der Waals surface area (Å²) in [5.74, 6) is 0.766. The SMILES string of the molecule is CC(C)COC(=O)Oc1ccc(-c2ccc(Br)cc2)cc1. The molecule has 0 unspecified atom stereocenters. The van der Waals surface area contributed by atoms with E-state index < -0.39 is 6.16 Å². The predicted molar refractivity (Wildman–Crippen MR) is 86.4 cm³/mol. The summed E-state index contributed by atoms with van der Waals surface area (Å²) in [6.45, 7) is 4.30. The summed E-state index contributed by atoms with van der Waals surface area (Å²) in [7, 11) is 0. The molecule has 0 heterocycles. The molecule has 0 saturated heterocycles. The minimum Gasteiger partial charge on any atom is -0.434 e. The summed E-state index contributed by atoms with van der Waals surface area (Å²) >= 11 is 3.41. The van der Waals surface area contributed by atoms with Gasteiger partial charge in [-0.05, 0) is 41.3 Å². The molecule has 0 aliphatic rings. The highest BCUT2D eigenvalue weighted by Crippen LogP contribution is 2.24. The van der Waals surface area contributed by atoms with Gasteiger partial charge >= 0.3 is 6.16 Å². The molecule has 0 saturated carbocycles. The zero-order valence-corrected chi connectivity index (χ0v) is 13.6. The Morgan fingerprint density at radius 2 is 1.52 bits per heavy atom. The van der Waals surface area contributed by atoms with Crippen molar-refractivity contribution in [3.05, 3.63) is 53.0 Å². The Morgan fingerprint density at radius 1 is 1.00 bits per heavy atom. The van der Waals surface area contributed by atoms with E-state index in [1.807, 2.05) is 50.2 Å². The van der Waals surface area contributed by atoms with Crippen LogP contribution in [0.1, 0.15) is 13.8 Å². The first kappa shape index (κ1) is 15.6. The summed E-state index contributed by atoms with van der Waals surface area (Å²) in [6.07, 6.45) is -0.667. The van der Waals surface area contributed by atoms with Gasteiger partial charge in [0.25, 0.3) is 0 Å². The normalized spacial score (nSPS) is 10.5. The van der Waals surface area contributed by atoms with Crippen LogP contribution >= 0.6 is 15.9 Å². The number of rotatable bonds is 4. The van der Waals surface area contributed by atoms with E-state index in [1.54, 1.807) is 12.1 Å². The van der Waals surface area contributed by atoms with E-state index in [2.05, 4.69) is 15.9 Å². The second-order valence-corrected chi connectivity index (χ2v) is 6.00. The van der Waals surface area contributed by atoms with Gasteiger partial charge in [0, 0.05) is 4.47 Å². The van der Waals surface area contributed by atoms with Gasteiger partial charge in [-0.3, -0.25) is 0 Å². The van der Waals surface area contributed by atoms with Crippen molar-refractivity contribution >= 4 is 22.1 Å². The fourth-order valence-corrected chi connectivity index (χ4v) is 1.98. The first-order chi connectivity index (χ1) is 10.0. The smallest absolute Gasteiger partial charge is 0.434 e. The molecule has 2 aromatic rings.